The van der Waals surface area contributed by atoms with Gasteiger partial charge in [-0.25, -0.2) is 4.79 Å². The third kappa shape index (κ3) is 5.01. The summed E-state index contributed by atoms with van der Waals surface area (Å²) in [7, 11) is 0. The monoisotopic (exact) mass is 409 g/mol. The Kier molecular flexibility index (Phi) is 5.88. The molecule has 3 aromatic rings. The molecule has 7 nitrogen and oxygen atoms in total. The Morgan fingerprint density at radius 1 is 0.931 bits per heavy atom. The van der Waals surface area contributed by atoms with Gasteiger partial charge >= 0.3 is 6.03 Å². The SMILES string of the molecule is O=C(Nc1ccc(Cl)cc1)Nc1cccc(-c2ccc(N3CCOCC3)nn2)c1. The molecule has 0 radical (unpaired) electrons. The average molecular weight is 410 g/mol. The number of nitrogens with zero attached hydrogens (tertiary/aromatic N) is 3. The minimum Gasteiger partial charge on any atom is -0.378 e. The molecule has 1 aliphatic heterocycles. The molecule has 1 aromatic heterocycles. The van der Waals surface area contributed by atoms with Crippen molar-refractivity contribution < 1.29 is 9.53 Å². The van der Waals surface area contributed by atoms with Crippen LogP contribution in [0.4, 0.5) is 22.0 Å². The van der Waals surface area contributed by atoms with Crippen LogP contribution in [-0.4, -0.2) is 42.5 Å². The molecular weight excluding hydrogens is 390 g/mol. The van der Waals surface area contributed by atoms with Crippen LogP contribution in [-0.2, 0) is 4.74 Å². The van der Waals surface area contributed by atoms with Crippen molar-refractivity contribution in [1.29, 1.82) is 0 Å². The van der Waals surface area contributed by atoms with Crippen LogP contribution in [0.2, 0.25) is 5.02 Å². The number of hydrogen-bond acceptors (Lipinski definition) is 5. The Balaban J connectivity index is 1.42. The van der Waals surface area contributed by atoms with E-state index in [1.165, 1.54) is 0 Å². The van der Waals surface area contributed by atoms with Crippen molar-refractivity contribution in [2.45, 2.75) is 0 Å². The van der Waals surface area contributed by atoms with E-state index in [0.717, 1.165) is 30.2 Å². The second kappa shape index (κ2) is 8.89. The van der Waals surface area contributed by atoms with E-state index in [4.69, 9.17) is 16.3 Å². The number of carbonyl (C=O) groups is 1. The zero-order valence-corrected chi connectivity index (χ0v) is 16.4. The van der Waals surface area contributed by atoms with Crippen molar-refractivity contribution in [1.82, 2.24) is 10.2 Å². The van der Waals surface area contributed by atoms with Crippen molar-refractivity contribution in [2.24, 2.45) is 0 Å². The Morgan fingerprint density at radius 3 is 2.41 bits per heavy atom. The van der Waals surface area contributed by atoms with E-state index in [1.54, 1.807) is 24.3 Å². The van der Waals surface area contributed by atoms with Crippen LogP contribution >= 0.6 is 11.6 Å². The molecule has 0 unspecified atom stereocenters. The number of amides is 2. The first-order valence-corrected chi connectivity index (χ1v) is 9.66. The predicted octanol–water partition coefficient (Wildman–Crippen LogP) is 4.28. The average Bonchev–Trinajstić information content (AvgIpc) is 2.76. The molecule has 148 valence electrons. The normalized spacial score (nSPS) is 13.8. The zero-order valence-electron chi connectivity index (χ0n) is 15.6. The fraction of sp³-hybridized carbons (Fsp3) is 0.190. The molecule has 1 fully saturated rings. The molecule has 2 heterocycles. The summed E-state index contributed by atoms with van der Waals surface area (Å²) in [5.74, 6) is 0.841. The summed E-state index contributed by atoms with van der Waals surface area (Å²) >= 11 is 5.86. The molecule has 0 spiro atoms. The van der Waals surface area contributed by atoms with Gasteiger partial charge in [-0.2, -0.15) is 0 Å². The quantitative estimate of drug-likeness (QED) is 0.672. The Hall–Kier alpha value is -3.16. The van der Waals surface area contributed by atoms with Crippen molar-refractivity contribution in [3.8, 4) is 11.3 Å². The van der Waals surface area contributed by atoms with E-state index in [9.17, 15) is 4.79 Å². The fourth-order valence-electron chi connectivity index (χ4n) is 3.02. The van der Waals surface area contributed by atoms with Gasteiger partial charge in [0.05, 0.1) is 18.9 Å². The molecule has 2 amide bonds. The fourth-order valence-corrected chi connectivity index (χ4v) is 3.15. The number of nitrogens with one attached hydrogen (secondary N) is 2. The van der Waals surface area contributed by atoms with Gasteiger partial charge in [0.25, 0.3) is 0 Å². The molecule has 1 saturated heterocycles. The van der Waals surface area contributed by atoms with Gasteiger partial charge in [0, 0.05) is 35.1 Å². The maximum atomic E-state index is 12.2. The van der Waals surface area contributed by atoms with Crippen LogP contribution in [0.1, 0.15) is 0 Å². The number of carbonyl (C=O) groups excluding carboxylic acids is 1. The second-order valence-corrected chi connectivity index (χ2v) is 6.98. The molecule has 0 aliphatic carbocycles. The molecule has 2 N–H and O–H groups in total. The third-order valence-electron chi connectivity index (χ3n) is 4.50. The highest BCUT2D eigenvalue weighted by atomic mass is 35.5. The van der Waals surface area contributed by atoms with E-state index in [2.05, 4.69) is 25.7 Å². The molecule has 0 bridgehead atoms. The lowest BCUT2D eigenvalue weighted by Gasteiger charge is -2.27. The first-order chi connectivity index (χ1) is 14.2. The van der Waals surface area contributed by atoms with Gasteiger partial charge in [0.2, 0.25) is 0 Å². The number of morpholine rings is 1. The van der Waals surface area contributed by atoms with Crippen molar-refractivity contribution in [3.63, 3.8) is 0 Å². The van der Waals surface area contributed by atoms with E-state index in [-0.39, 0.29) is 6.03 Å². The number of aromatic nitrogens is 2. The summed E-state index contributed by atoms with van der Waals surface area (Å²) in [5.41, 5.74) is 2.93. The zero-order chi connectivity index (χ0) is 20.1. The van der Waals surface area contributed by atoms with Gasteiger partial charge < -0.3 is 20.3 Å². The number of halogens is 1. The van der Waals surface area contributed by atoms with Crippen LogP contribution in [0.5, 0.6) is 0 Å². The number of urea groups is 1. The molecule has 1 aliphatic rings. The minimum atomic E-state index is -0.335. The number of benzene rings is 2. The second-order valence-electron chi connectivity index (χ2n) is 6.54. The first kappa shape index (κ1) is 19.2. The number of hydrogen-bond donors (Lipinski definition) is 2. The predicted molar refractivity (Wildman–Crippen MR) is 115 cm³/mol. The molecule has 0 atom stereocenters. The first-order valence-electron chi connectivity index (χ1n) is 9.28. The maximum Gasteiger partial charge on any atom is 0.323 e. The lowest BCUT2D eigenvalue weighted by atomic mass is 10.1. The van der Waals surface area contributed by atoms with Gasteiger partial charge in [-0.05, 0) is 48.5 Å². The molecule has 29 heavy (non-hydrogen) atoms. The summed E-state index contributed by atoms with van der Waals surface area (Å²) < 4.78 is 5.37. The van der Waals surface area contributed by atoms with Gasteiger partial charge in [0.1, 0.15) is 0 Å². The third-order valence-corrected chi connectivity index (χ3v) is 4.76. The van der Waals surface area contributed by atoms with E-state index < -0.39 is 0 Å². The highest BCUT2D eigenvalue weighted by Crippen LogP contribution is 2.22. The standard InChI is InChI=1S/C21H20ClN5O2/c22-16-4-6-17(7-5-16)23-21(28)24-18-3-1-2-15(14-18)19-8-9-20(26-25-19)27-10-12-29-13-11-27/h1-9,14H,10-13H2,(H2,23,24,28). The van der Waals surface area contributed by atoms with E-state index >= 15 is 0 Å². The summed E-state index contributed by atoms with van der Waals surface area (Å²) in [6.45, 7) is 3.04. The topological polar surface area (TPSA) is 79.4 Å². The molecule has 2 aromatic carbocycles. The van der Waals surface area contributed by atoms with Crippen LogP contribution in [0.15, 0.2) is 60.7 Å². The number of ether oxygens (including phenoxy) is 1. The van der Waals surface area contributed by atoms with Crippen LogP contribution in [0, 0.1) is 0 Å². The van der Waals surface area contributed by atoms with Crippen molar-refractivity contribution >= 4 is 34.8 Å². The molecule has 0 saturated carbocycles. The lowest BCUT2D eigenvalue weighted by molar-refractivity contribution is 0.122. The Bertz CT molecular complexity index is 973. The van der Waals surface area contributed by atoms with Crippen molar-refractivity contribution in [3.05, 3.63) is 65.7 Å². The lowest BCUT2D eigenvalue weighted by Crippen LogP contribution is -2.36. The Morgan fingerprint density at radius 2 is 1.69 bits per heavy atom. The van der Waals surface area contributed by atoms with Crippen LogP contribution < -0.4 is 15.5 Å². The summed E-state index contributed by atoms with van der Waals surface area (Å²) in [6.07, 6.45) is 0. The smallest absolute Gasteiger partial charge is 0.323 e. The highest BCUT2D eigenvalue weighted by molar-refractivity contribution is 6.30. The minimum absolute atomic E-state index is 0.335. The Labute approximate surface area is 173 Å². The number of rotatable bonds is 4. The summed E-state index contributed by atoms with van der Waals surface area (Å²) in [4.78, 5) is 14.4. The van der Waals surface area contributed by atoms with Crippen LogP contribution in [0.3, 0.4) is 0 Å². The van der Waals surface area contributed by atoms with Gasteiger partial charge in [-0.15, -0.1) is 10.2 Å². The van der Waals surface area contributed by atoms with Gasteiger partial charge in [-0.1, -0.05) is 23.7 Å². The maximum absolute atomic E-state index is 12.2. The van der Waals surface area contributed by atoms with Crippen LogP contribution in [0.25, 0.3) is 11.3 Å². The van der Waals surface area contributed by atoms with Gasteiger partial charge in [-0.3, -0.25) is 0 Å². The molecule has 8 heteroatoms. The number of anilines is 3. The van der Waals surface area contributed by atoms with Crippen molar-refractivity contribution in [2.75, 3.05) is 41.8 Å². The molecule has 4 rings (SSSR count). The van der Waals surface area contributed by atoms with E-state index in [0.29, 0.717) is 29.6 Å². The highest BCUT2D eigenvalue weighted by Gasteiger charge is 2.13. The summed E-state index contributed by atoms with van der Waals surface area (Å²) in [6, 6.07) is 18.0. The largest absolute Gasteiger partial charge is 0.378 e. The summed E-state index contributed by atoms with van der Waals surface area (Å²) in [5, 5.41) is 14.9. The van der Waals surface area contributed by atoms with E-state index in [1.807, 2.05) is 36.4 Å². The molecular formula is C21H20ClN5O2. The van der Waals surface area contributed by atoms with Gasteiger partial charge in [0.15, 0.2) is 5.82 Å².